The van der Waals surface area contributed by atoms with Crippen LogP contribution in [0.25, 0.3) is 0 Å². The van der Waals surface area contributed by atoms with Crippen LogP contribution in [-0.4, -0.2) is 26.1 Å². The van der Waals surface area contributed by atoms with Crippen LogP contribution < -0.4 is 5.32 Å². The van der Waals surface area contributed by atoms with Crippen LogP contribution in [0.4, 0.5) is 0 Å². The summed E-state index contributed by atoms with van der Waals surface area (Å²) in [6, 6.07) is 0. The maximum atomic E-state index is 12.0. The lowest BCUT2D eigenvalue weighted by Crippen LogP contribution is -2.23. The summed E-state index contributed by atoms with van der Waals surface area (Å²) in [5, 5.41) is 10.4. The summed E-state index contributed by atoms with van der Waals surface area (Å²) in [5.41, 5.74) is 0.559. The highest BCUT2D eigenvalue weighted by atomic mass is 16.4. The largest absolute Gasteiger partial charge is 0.416 e. The highest BCUT2D eigenvalue weighted by Gasteiger charge is 2.23. The van der Waals surface area contributed by atoms with Gasteiger partial charge in [0.15, 0.2) is 0 Å². The van der Waals surface area contributed by atoms with E-state index < -0.39 is 5.91 Å². The van der Waals surface area contributed by atoms with Crippen LogP contribution in [0, 0.1) is 0 Å². The van der Waals surface area contributed by atoms with E-state index in [-0.39, 0.29) is 11.3 Å². The zero-order chi connectivity index (χ0) is 15.6. The second kappa shape index (κ2) is 5.67. The van der Waals surface area contributed by atoms with Gasteiger partial charge in [-0.3, -0.25) is 4.79 Å². The van der Waals surface area contributed by atoms with Crippen molar-refractivity contribution in [2.45, 2.75) is 52.5 Å². The molecule has 0 fully saturated rings. The number of nitrogens with zero attached hydrogens (tertiary/aromatic N) is 3. The van der Waals surface area contributed by atoms with Gasteiger partial charge in [0.25, 0.3) is 0 Å². The van der Waals surface area contributed by atoms with Crippen molar-refractivity contribution < 1.29 is 9.21 Å². The standard InChI is InChI=1S/C14H21N5O2/c1-8(2)10-15-6-9(17-10)7-16-11(20)12-18-19-13(21-12)14(3,4)5/h6,8H,7H2,1-5H3,(H,15,17)(H,16,20). The molecule has 0 saturated heterocycles. The van der Waals surface area contributed by atoms with Gasteiger partial charge in [-0.1, -0.05) is 34.6 Å². The molecule has 0 aromatic carbocycles. The molecule has 114 valence electrons. The minimum atomic E-state index is -0.390. The van der Waals surface area contributed by atoms with E-state index >= 15 is 0 Å². The van der Waals surface area contributed by atoms with E-state index in [1.54, 1.807) is 6.20 Å². The fourth-order valence-electron chi connectivity index (χ4n) is 1.63. The Balaban J connectivity index is 1.96. The van der Waals surface area contributed by atoms with Crippen molar-refractivity contribution in [2.24, 2.45) is 0 Å². The first-order valence-electron chi connectivity index (χ1n) is 6.93. The monoisotopic (exact) mass is 291 g/mol. The third-order valence-electron chi connectivity index (χ3n) is 2.90. The van der Waals surface area contributed by atoms with Crippen molar-refractivity contribution in [3.8, 4) is 0 Å². The number of H-pyrrole nitrogens is 1. The van der Waals surface area contributed by atoms with Gasteiger partial charge in [-0.2, -0.15) is 0 Å². The number of aromatic amines is 1. The molecule has 1 amide bonds. The molecule has 7 nitrogen and oxygen atoms in total. The highest BCUT2D eigenvalue weighted by Crippen LogP contribution is 2.20. The fraction of sp³-hybridized carbons (Fsp3) is 0.571. The Labute approximate surface area is 123 Å². The van der Waals surface area contributed by atoms with E-state index in [1.807, 2.05) is 34.6 Å². The van der Waals surface area contributed by atoms with Gasteiger partial charge in [0, 0.05) is 11.3 Å². The zero-order valence-corrected chi connectivity index (χ0v) is 13.0. The van der Waals surface area contributed by atoms with Gasteiger partial charge in [0.05, 0.1) is 18.4 Å². The van der Waals surface area contributed by atoms with E-state index in [9.17, 15) is 4.79 Å². The molecule has 2 rings (SSSR count). The molecule has 0 atom stereocenters. The summed E-state index contributed by atoms with van der Waals surface area (Å²) >= 11 is 0. The third-order valence-corrected chi connectivity index (χ3v) is 2.90. The molecular weight excluding hydrogens is 270 g/mol. The van der Waals surface area contributed by atoms with Crippen molar-refractivity contribution in [1.29, 1.82) is 0 Å². The molecule has 2 aromatic heterocycles. The number of nitrogens with one attached hydrogen (secondary N) is 2. The van der Waals surface area contributed by atoms with E-state index in [1.165, 1.54) is 0 Å². The van der Waals surface area contributed by atoms with Crippen molar-refractivity contribution in [2.75, 3.05) is 0 Å². The lowest BCUT2D eigenvalue weighted by atomic mass is 9.97. The molecular formula is C14H21N5O2. The Morgan fingerprint density at radius 2 is 2.10 bits per heavy atom. The number of amides is 1. The van der Waals surface area contributed by atoms with Gasteiger partial charge in [-0.25, -0.2) is 4.98 Å². The first kappa shape index (κ1) is 15.2. The van der Waals surface area contributed by atoms with Crippen LogP contribution in [0.5, 0.6) is 0 Å². The first-order valence-corrected chi connectivity index (χ1v) is 6.93. The summed E-state index contributed by atoms with van der Waals surface area (Å²) in [6.07, 6.45) is 1.71. The zero-order valence-electron chi connectivity index (χ0n) is 13.0. The van der Waals surface area contributed by atoms with E-state index in [4.69, 9.17) is 4.42 Å². The molecule has 0 aliphatic rings. The minimum absolute atomic E-state index is 0.0245. The normalized spacial score (nSPS) is 11.9. The first-order chi connectivity index (χ1) is 9.77. The molecule has 21 heavy (non-hydrogen) atoms. The molecule has 0 aliphatic carbocycles. The fourth-order valence-corrected chi connectivity index (χ4v) is 1.63. The third kappa shape index (κ3) is 3.68. The van der Waals surface area contributed by atoms with Gasteiger partial charge < -0.3 is 14.7 Å². The van der Waals surface area contributed by atoms with Gasteiger partial charge in [-0.05, 0) is 0 Å². The predicted molar refractivity (Wildman–Crippen MR) is 76.8 cm³/mol. The van der Waals surface area contributed by atoms with Crippen molar-refractivity contribution in [1.82, 2.24) is 25.5 Å². The summed E-state index contributed by atoms with van der Waals surface area (Å²) in [7, 11) is 0. The molecule has 0 aliphatic heterocycles. The van der Waals surface area contributed by atoms with E-state index in [0.29, 0.717) is 18.4 Å². The lowest BCUT2D eigenvalue weighted by molar-refractivity contribution is 0.0912. The number of rotatable bonds is 4. The molecule has 2 N–H and O–H groups in total. The summed E-state index contributed by atoms with van der Waals surface area (Å²) in [6.45, 7) is 10.3. The Bertz CT molecular complexity index is 621. The molecule has 0 spiro atoms. The second-order valence-corrected chi connectivity index (χ2v) is 6.29. The summed E-state index contributed by atoms with van der Waals surface area (Å²) < 4.78 is 5.38. The number of imidazole rings is 1. The Morgan fingerprint density at radius 3 is 2.62 bits per heavy atom. The highest BCUT2D eigenvalue weighted by molar-refractivity contribution is 5.89. The Hall–Kier alpha value is -2.18. The smallest absolute Gasteiger partial charge is 0.309 e. The molecule has 0 unspecified atom stereocenters. The van der Waals surface area contributed by atoms with Crippen LogP contribution >= 0.6 is 0 Å². The summed E-state index contributed by atoms with van der Waals surface area (Å²) in [4.78, 5) is 19.4. The van der Waals surface area contributed by atoms with Gasteiger partial charge in [0.1, 0.15) is 5.82 Å². The van der Waals surface area contributed by atoms with Gasteiger partial charge >= 0.3 is 11.8 Å². The second-order valence-electron chi connectivity index (χ2n) is 6.29. The molecule has 0 saturated carbocycles. The van der Waals surface area contributed by atoms with E-state index in [0.717, 1.165) is 11.5 Å². The van der Waals surface area contributed by atoms with E-state index in [2.05, 4.69) is 25.5 Å². The molecule has 2 aromatic rings. The quantitative estimate of drug-likeness (QED) is 0.899. The number of aromatic nitrogens is 4. The molecule has 2 heterocycles. The van der Waals surface area contributed by atoms with Crippen molar-refractivity contribution in [3.05, 3.63) is 29.5 Å². The topological polar surface area (TPSA) is 96.7 Å². The van der Waals surface area contributed by atoms with Crippen molar-refractivity contribution >= 4 is 5.91 Å². The molecule has 0 radical (unpaired) electrons. The minimum Gasteiger partial charge on any atom is -0.416 e. The van der Waals surface area contributed by atoms with Crippen LogP contribution in [0.2, 0.25) is 0 Å². The Morgan fingerprint density at radius 1 is 1.38 bits per heavy atom. The lowest BCUT2D eigenvalue weighted by Gasteiger charge is -2.10. The maximum absolute atomic E-state index is 12.0. The summed E-state index contributed by atoms with van der Waals surface area (Å²) in [5.74, 6) is 1.24. The Kier molecular flexibility index (Phi) is 4.11. The van der Waals surface area contributed by atoms with Gasteiger partial charge in [0.2, 0.25) is 5.89 Å². The van der Waals surface area contributed by atoms with Crippen LogP contribution in [0.15, 0.2) is 10.6 Å². The molecule has 7 heteroatoms. The maximum Gasteiger partial charge on any atom is 0.309 e. The number of carbonyl (C=O) groups is 1. The van der Waals surface area contributed by atoms with Crippen LogP contribution in [0.1, 0.15) is 68.6 Å². The van der Waals surface area contributed by atoms with Crippen LogP contribution in [0.3, 0.4) is 0 Å². The number of hydrogen-bond acceptors (Lipinski definition) is 5. The predicted octanol–water partition coefficient (Wildman–Crippen LogP) is 2.14. The average Bonchev–Trinajstić information content (AvgIpc) is 3.04. The molecule has 0 bridgehead atoms. The SMILES string of the molecule is CC(C)c1ncc(CNC(=O)c2nnc(C(C)(C)C)o2)[nH]1. The average molecular weight is 291 g/mol. The van der Waals surface area contributed by atoms with Crippen LogP contribution in [-0.2, 0) is 12.0 Å². The number of carbonyl (C=O) groups excluding carboxylic acids is 1. The number of hydrogen-bond donors (Lipinski definition) is 2. The van der Waals surface area contributed by atoms with Gasteiger partial charge in [-0.15, -0.1) is 10.2 Å². The van der Waals surface area contributed by atoms with Crippen molar-refractivity contribution in [3.63, 3.8) is 0 Å².